The van der Waals surface area contributed by atoms with E-state index in [1.54, 1.807) is 12.1 Å². The number of phosphoric ester groups is 1. The maximum Gasteiger partial charge on any atom is 0.472 e. The van der Waals surface area contributed by atoms with Crippen LogP contribution in [-0.4, -0.2) is 131 Å². The van der Waals surface area contributed by atoms with Crippen LogP contribution in [0, 0.1) is 0 Å². The number of fused-ring (bicyclic) bond motifs is 2. The maximum absolute atomic E-state index is 13.0. The first-order valence-corrected chi connectivity index (χ1v) is 34.2. The molecule has 2 unspecified atom stereocenters. The molecule has 0 aliphatic carbocycles. The normalized spacial score (nSPS) is 14.4. The molecule has 8 N–H and O–H groups in total. The summed E-state index contributed by atoms with van der Waals surface area (Å²) < 4.78 is 34.5. The Bertz CT molecular complexity index is 2330. The average Bonchev–Trinajstić information content (AvgIpc) is 3.44. The summed E-state index contributed by atoms with van der Waals surface area (Å²) in [7, 11) is -4.77. The highest BCUT2D eigenvalue weighted by molar-refractivity contribution is 7.47. The van der Waals surface area contributed by atoms with E-state index in [0.29, 0.717) is 51.0 Å². The molecule has 3 rings (SSSR count). The van der Waals surface area contributed by atoms with Gasteiger partial charge in [-0.25, -0.2) is 18.9 Å². The molecule has 1 aliphatic rings. The molecule has 0 amide bonds. The molecule has 23 heteroatoms. The van der Waals surface area contributed by atoms with Crippen LogP contribution in [-0.2, 0) is 66.6 Å². The molecule has 86 heavy (non-hydrogen) atoms. The summed E-state index contributed by atoms with van der Waals surface area (Å²) in [6.07, 6.45) is 35.6. The van der Waals surface area contributed by atoms with Gasteiger partial charge in [0, 0.05) is 65.2 Å². The van der Waals surface area contributed by atoms with Gasteiger partial charge in [0.05, 0.1) is 24.6 Å². The number of aryl methyl sites for hydroxylation is 1. The number of ether oxygens (including phenoxy) is 2. The Morgan fingerprint density at radius 3 is 1.51 bits per heavy atom. The Balaban J connectivity index is 1.46. The van der Waals surface area contributed by atoms with Crippen molar-refractivity contribution in [1.29, 1.82) is 0 Å². The van der Waals surface area contributed by atoms with E-state index < -0.39 is 79.9 Å². The molecule has 22 nitrogen and oxygen atoms in total. The van der Waals surface area contributed by atoms with Gasteiger partial charge in [-0.15, -0.1) is 0 Å². The van der Waals surface area contributed by atoms with Gasteiger partial charge < -0.3 is 51.0 Å². The molecule has 0 radical (unpaired) electrons. The van der Waals surface area contributed by atoms with Gasteiger partial charge in [-0.05, 0) is 43.4 Å². The van der Waals surface area contributed by atoms with E-state index in [2.05, 4.69) is 40.1 Å². The molecular formula is C63H107N6O16P. The summed E-state index contributed by atoms with van der Waals surface area (Å²) in [6.45, 7) is 3.80. The van der Waals surface area contributed by atoms with Crippen LogP contribution in [0.5, 0.6) is 0 Å². The van der Waals surface area contributed by atoms with Gasteiger partial charge in [-0.2, -0.15) is 0 Å². The number of hydrogen-bond donors (Lipinski definition) is 8. The second-order valence-corrected chi connectivity index (χ2v) is 24.5. The van der Waals surface area contributed by atoms with Crippen LogP contribution in [0.4, 0.5) is 11.4 Å². The second-order valence-electron chi connectivity index (χ2n) is 23.1. The fourth-order valence-electron chi connectivity index (χ4n) is 10.7. The van der Waals surface area contributed by atoms with Crippen LogP contribution >= 0.6 is 7.82 Å². The van der Waals surface area contributed by atoms with Crippen molar-refractivity contribution >= 4 is 49.0 Å². The van der Waals surface area contributed by atoms with Gasteiger partial charge in [0.15, 0.2) is 6.10 Å². The molecule has 0 spiro atoms. The standard InChI is InChI=1S/C63H107N6O16P/c1-3-5-7-9-11-13-15-17-19-21-23-25-27-29-31-35-54(70)82-48-53(85-55(71)36-32-30-28-26-24-22-20-18-16-14-12-10-8-6-4-2)49-84-86(80,81)83-43-41-67-57-56(58(72)59(57)73)66-37-33-34-50-44-51-46-65-39-38-64-40-42-69(47-52(45-50)68-51)63(60(74)75,61(76)77)62(78)79/h44-45,53,64-67H,3-43,46-49H2,1-2H3,(H,74,75)(H,76,77)(H,78,79)(H,80,81). The average molecular weight is 1240 g/mol. The van der Waals surface area contributed by atoms with Crippen molar-refractivity contribution < 1.29 is 67.3 Å². The van der Waals surface area contributed by atoms with Gasteiger partial charge in [-0.3, -0.25) is 38.1 Å². The number of anilines is 2. The predicted octanol–water partition coefficient (Wildman–Crippen LogP) is 10.7. The van der Waals surface area contributed by atoms with Gasteiger partial charge in [0.2, 0.25) is 0 Å². The summed E-state index contributed by atoms with van der Waals surface area (Å²) in [5.41, 5.74) is -3.36. The minimum atomic E-state index is -4.77. The van der Waals surface area contributed by atoms with Crippen molar-refractivity contribution in [2.75, 3.05) is 69.7 Å². The molecular weight excluding hydrogens is 1130 g/mol. The third-order valence-corrected chi connectivity index (χ3v) is 16.7. The van der Waals surface area contributed by atoms with Gasteiger partial charge in [-0.1, -0.05) is 194 Å². The number of hydrogen-bond acceptors (Lipinski definition) is 18. The number of aliphatic carboxylic acids is 3. The zero-order chi connectivity index (χ0) is 62.7. The summed E-state index contributed by atoms with van der Waals surface area (Å²) in [5, 5.41) is 41.9. The number of rotatable bonds is 52. The first kappa shape index (κ1) is 75.4. The number of carbonyl (C=O) groups is 5. The lowest BCUT2D eigenvalue weighted by Gasteiger charge is -2.34. The first-order valence-electron chi connectivity index (χ1n) is 32.7. The Morgan fingerprint density at radius 2 is 1.02 bits per heavy atom. The third-order valence-electron chi connectivity index (χ3n) is 15.7. The lowest BCUT2D eigenvalue weighted by molar-refractivity contribution is -0.179. The molecule has 2 atom stereocenters. The van der Waals surface area contributed by atoms with E-state index >= 15 is 0 Å². The highest BCUT2D eigenvalue weighted by Crippen LogP contribution is 2.43. The monoisotopic (exact) mass is 1230 g/mol. The van der Waals surface area contributed by atoms with Crippen LogP contribution in [0.15, 0.2) is 21.7 Å². The highest BCUT2D eigenvalue weighted by Gasteiger charge is 2.59. The topological polar surface area (TPSA) is 319 Å². The van der Waals surface area contributed by atoms with E-state index in [0.717, 1.165) is 49.0 Å². The van der Waals surface area contributed by atoms with E-state index in [9.17, 15) is 58.3 Å². The molecule has 1 aromatic carbocycles. The van der Waals surface area contributed by atoms with Crippen molar-refractivity contribution in [2.45, 2.75) is 257 Å². The van der Waals surface area contributed by atoms with Crippen LogP contribution in [0.3, 0.4) is 0 Å². The molecule has 0 saturated heterocycles. The Hall–Kier alpha value is -4.83. The number of carbonyl (C=O) groups excluding carboxylic acids is 2. The number of esters is 2. The number of carboxylic acids is 3. The lowest BCUT2D eigenvalue weighted by Crippen LogP contribution is -2.66. The maximum atomic E-state index is 13.0. The number of pyridine rings is 1. The summed E-state index contributed by atoms with van der Waals surface area (Å²) >= 11 is 0. The summed E-state index contributed by atoms with van der Waals surface area (Å²) in [6, 6.07) is 3.44. The number of unbranched alkanes of at least 4 members (excludes halogenated alkanes) is 28. The Kier molecular flexibility index (Phi) is 39.8. The number of aromatic nitrogens is 1. The largest absolute Gasteiger partial charge is 0.479 e. The second kappa shape index (κ2) is 45.4. The highest BCUT2D eigenvalue weighted by atomic mass is 31.2. The fourth-order valence-corrected chi connectivity index (χ4v) is 11.4. The first-order chi connectivity index (χ1) is 41.5. The molecule has 1 aromatic heterocycles. The number of nitrogens with one attached hydrogen (secondary N) is 4. The predicted molar refractivity (Wildman–Crippen MR) is 333 cm³/mol. The van der Waals surface area contributed by atoms with Crippen LogP contribution < -0.4 is 32.1 Å². The van der Waals surface area contributed by atoms with Gasteiger partial charge >= 0.3 is 43.2 Å². The van der Waals surface area contributed by atoms with Crippen LogP contribution in [0.1, 0.15) is 243 Å². The molecule has 2 aromatic rings. The zero-order valence-corrected chi connectivity index (χ0v) is 53.0. The number of carboxylic acid groups (broad SMARTS) is 3. The van der Waals surface area contributed by atoms with Crippen molar-refractivity contribution in [2.24, 2.45) is 0 Å². The zero-order valence-electron chi connectivity index (χ0n) is 52.1. The van der Waals surface area contributed by atoms with Crippen molar-refractivity contribution in [3.05, 3.63) is 49.5 Å². The van der Waals surface area contributed by atoms with Crippen molar-refractivity contribution in [3.8, 4) is 0 Å². The molecule has 2 bridgehead atoms. The quantitative estimate of drug-likeness (QED) is 0.0100. The SMILES string of the molecule is CCCCCCCCCCCCCCCCCC(=O)OCC(COP(=O)(O)OCCNc1c(NCCCc2cc3nc(c2)CN(C(C(=O)O)(C(=O)O)C(=O)O)CCNCCNC3)c(=O)c1=O)OC(=O)CCCCCCCCCCCCCCCCC. The Morgan fingerprint density at radius 1 is 0.581 bits per heavy atom. The van der Waals surface area contributed by atoms with Gasteiger partial charge in [0.25, 0.3) is 10.9 Å². The van der Waals surface area contributed by atoms with E-state index in [1.807, 2.05) is 0 Å². The number of phosphoric acid groups is 1. The molecule has 1 aliphatic heterocycles. The minimum absolute atomic E-state index is 0.00735. The van der Waals surface area contributed by atoms with Gasteiger partial charge in [0.1, 0.15) is 18.0 Å². The minimum Gasteiger partial charge on any atom is -0.479 e. The van der Waals surface area contributed by atoms with Crippen LogP contribution in [0.2, 0.25) is 0 Å². The summed E-state index contributed by atoms with van der Waals surface area (Å²) in [5.74, 6) is -7.15. The molecule has 0 saturated carbocycles. The van der Waals surface area contributed by atoms with E-state index in [1.165, 1.54) is 141 Å². The fraction of sp³-hybridized carbons (Fsp3) is 0.778. The lowest BCUT2D eigenvalue weighted by atomic mass is 9.96. The van der Waals surface area contributed by atoms with Crippen molar-refractivity contribution in [1.82, 2.24) is 20.5 Å². The van der Waals surface area contributed by atoms with Crippen molar-refractivity contribution in [3.63, 3.8) is 0 Å². The smallest absolute Gasteiger partial charge is 0.472 e. The molecule has 0 fully saturated rings. The molecule has 490 valence electrons. The van der Waals surface area contributed by atoms with E-state index in [-0.39, 0.29) is 62.7 Å². The molecule has 2 heterocycles. The summed E-state index contributed by atoms with van der Waals surface area (Å²) in [4.78, 5) is 104. The van der Waals surface area contributed by atoms with Crippen LogP contribution in [0.25, 0.3) is 0 Å². The van der Waals surface area contributed by atoms with E-state index in [4.69, 9.17) is 18.5 Å². The Labute approximate surface area is 511 Å². The number of nitrogens with zero attached hydrogens (tertiary/aromatic N) is 2. The third kappa shape index (κ3) is 30.9.